The van der Waals surface area contributed by atoms with Crippen LogP contribution in [-0.2, 0) is 17.5 Å². The monoisotopic (exact) mass is 676 g/mol. The van der Waals surface area contributed by atoms with Crippen LogP contribution in [0.5, 0.6) is 5.75 Å². The summed E-state index contributed by atoms with van der Waals surface area (Å²) >= 11 is 3.46. The molecule has 0 aromatic heterocycles. The number of nitrogens with zero attached hydrogens (tertiary/aromatic N) is 1. The Balaban J connectivity index is 1.66. The number of halogens is 4. The first-order valence-corrected chi connectivity index (χ1v) is 15.3. The highest BCUT2D eigenvalue weighted by Gasteiger charge is 2.44. The Hall–Kier alpha value is -4.37. The quantitative estimate of drug-likeness (QED) is 0.171. The highest BCUT2D eigenvalue weighted by atomic mass is 79.9. The number of hydrogen-bond donors (Lipinski definition) is 1. The van der Waals surface area contributed by atoms with Gasteiger partial charge in [-0.2, -0.15) is 13.2 Å². The average molecular weight is 678 g/mol. The molecule has 0 fully saturated rings. The van der Waals surface area contributed by atoms with E-state index in [2.05, 4.69) is 21.2 Å². The topological polar surface area (TPSA) is 58.6 Å². The number of rotatable bonds is 10. The van der Waals surface area contributed by atoms with Gasteiger partial charge in [0.25, 0.3) is 5.91 Å². The van der Waals surface area contributed by atoms with Crippen LogP contribution >= 0.6 is 15.9 Å². The van der Waals surface area contributed by atoms with E-state index in [1.54, 1.807) is 44.2 Å². The van der Waals surface area contributed by atoms with Gasteiger partial charge in [0.05, 0.1) is 29.8 Å². The second kappa shape index (κ2) is 13.3. The first kappa shape index (κ1) is 32.0. The van der Waals surface area contributed by atoms with E-state index in [-0.39, 0.29) is 35.4 Å². The van der Waals surface area contributed by atoms with Gasteiger partial charge in [-0.1, -0.05) is 94.8 Å². The molecule has 0 aliphatic carbocycles. The summed E-state index contributed by atoms with van der Waals surface area (Å²) in [4.78, 5) is 30.3. The molecular weight excluding hydrogens is 645 g/mol. The van der Waals surface area contributed by atoms with Gasteiger partial charge in [0.2, 0.25) is 0 Å². The number of carbonyl (C=O) groups excluding carboxylic acids is 2. The number of hydrogen-bond acceptors (Lipinski definition) is 4. The molecule has 0 radical (unpaired) electrons. The van der Waals surface area contributed by atoms with E-state index in [4.69, 9.17) is 4.74 Å². The molecule has 5 nitrogen and oxygen atoms in total. The third kappa shape index (κ3) is 7.14. The normalized spacial score (nSPS) is 15.9. The van der Waals surface area contributed by atoms with Crippen LogP contribution < -0.4 is 10.1 Å². The number of amides is 1. The first-order chi connectivity index (χ1) is 21.4. The van der Waals surface area contributed by atoms with E-state index in [0.29, 0.717) is 16.7 Å². The van der Waals surface area contributed by atoms with Crippen molar-refractivity contribution in [1.82, 2.24) is 10.2 Å². The molecule has 4 aromatic carbocycles. The summed E-state index contributed by atoms with van der Waals surface area (Å²) in [5.74, 6) is -0.745. The summed E-state index contributed by atoms with van der Waals surface area (Å²) in [6, 6.07) is 27.7. The van der Waals surface area contributed by atoms with Gasteiger partial charge in [-0.15, -0.1) is 0 Å². The Morgan fingerprint density at radius 2 is 1.53 bits per heavy atom. The van der Waals surface area contributed by atoms with Crippen molar-refractivity contribution in [3.8, 4) is 5.75 Å². The van der Waals surface area contributed by atoms with Crippen LogP contribution in [0.2, 0.25) is 0 Å². The van der Waals surface area contributed by atoms with Crippen molar-refractivity contribution >= 4 is 27.6 Å². The second-order valence-electron chi connectivity index (χ2n) is 11.1. The van der Waals surface area contributed by atoms with Crippen LogP contribution in [0.25, 0.3) is 0 Å². The minimum atomic E-state index is -4.57. The summed E-state index contributed by atoms with van der Waals surface area (Å²) in [7, 11) is 0. The van der Waals surface area contributed by atoms with Crippen LogP contribution in [0.1, 0.15) is 65.5 Å². The van der Waals surface area contributed by atoms with Crippen molar-refractivity contribution in [3.63, 3.8) is 0 Å². The summed E-state index contributed by atoms with van der Waals surface area (Å²) < 4.78 is 47.6. The number of alkyl halides is 3. The van der Waals surface area contributed by atoms with Crippen LogP contribution in [-0.4, -0.2) is 22.7 Å². The zero-order chi connectivity index (χ0) is 32.3. The van der Waals surface area contributed by atoms with Gasteiger partial charge < -0.3 is 15.0 Å². The van der Waals surface area contributed by atoms with E-state index < -0.39 is 29.8 Å². The zero-order valence-corrected chi connectivity index (χ0v) is 26.5. The third-order valence-corrected chi connectivity index (χ3v) is 8.08. The molecule has 45 heavy (non-hydrogen) atoms. The fraction of sp³-hybridized carbons (Fsp3) is 0.222. The van der Waals surface area contributed by atoms with Crippen molar-refractivity contribution in [1.29, 1.82) is 0 Å². The lowest BCUT2D eigenvalue weighted by Gasteiger charge is -2.28. The molecular formula is C36H32BrF3N2O3. The van der Waals surface area contributed by atoms with Crippen molar-refractivity contribution in [2.24, 2.45) is 0 Å². The Labute approximate surface area is 268 Å². The minimum absolute atomic E-state index is 0.0252. The lowest BCUT2D eigenvalue weighted by molar-refractivity contribution is -0.137. The fourth-order valence-corrected chi connectivity index (χ4v) is 5.66. The standard InChI is InChI=1S/C36H32BrF3N2O3/c1-22(2)45-30-20-28(36(38,39)40)17-14-27(30)21-42-33(25-15-18-29(37)19-16-25)31(34(43)26-12-8-5-9-13-26)32(35(42)44)41-23(3)24-10-6-4-7-11-24/h4-20,22-23,33,41H,21H2,1-3H3/t23-,33?/m1/s1. The molecule has 9 heteroatoms. The highest BCUT2D eigenvalue weighted by Crippen LogP contribution is 2.42. The first-order valence-electron chi connectivity index (χ1n) is 14.5. The Morgan fingerprint density at radius 3 is 2.13 bits per heavy atom. The van der Waals surface area contributed by atoms with E-state index in [9.17, 15) is 22.8 Å². The molecule has 1 amide bonds. The lowest BCUT2D eigenvalue weighted by Crippen LogP contribution is -2.33. The summed E-state index contributed by atoms with van der Waals surface area (Å²) in [6.45, 7) is 5.25. The van der Waals surface area contributed by atoms with Gasteiger partial charge in [-0.3, -0.25) is 9.59 Å². The average Bonchev–Trinajstić information content (AvgIpc) is 3.28. The maximum absolute atomic E-state index is 14.5. The van der Waals surface area contributed by atoms with Crippen molar-refractivity contribution in [3.05, 3.63) is 147 Å². The molecule has 1 unspecified atom stereocenters. The largest absolute Gasteiger partial charge is 0.491 e. The summed E-state index contributed by atoms with van der Waals surface area (Å²) in [5, 5.41) is 3.33. The van der Waals surface area contributed by atoms with Gasteiger partial charge in [0.15, 0.2) is 5.78 Å². The van der Waals surface area contributed by atoms with Gasteiger partial charge in [-0.05, 0) is 56.2 Å². The van der Waals surface area contributed by atoms with E-state index in [1.165, 1.54) is 11.0 Å². The second-order valence-corrected chi connectivity index (χ2v) is 12.1. The number of nitrogens with one attached hydrogen (secondary N) is 1. The predicted molar refractivity (Wildman–Crippen MR) is 170 cm³/mol. The predicted octanol–water partition coefficient (Wildman–Crippen LogP) is 8.83. The number of ether oxygens (including phenoxy) is 1. The molecule has 0 spiro atoms. The van der Waals surface area contributed by atoms with Gasteiger partial charge >= 0.3 is 6.18 Å². The Bertz CT molecular complexity index is 1710. The van der Waals surface area contributed by atoms with Crippen LogP contribution in [0.4, 0.5) is 13.2 Å². The third-order valence-electron chi connectivity index (χ3n) is 7.55. The van der Waals surface area contributed by atoms with Crippen LogP contribution in [0, 0.1) is 0 Å². The molecule has 0 saturated heterocycles. The SMILES string of the molecule is CC(C)Oc1cc(C(F)(F)F)ccc1CN1C(=O)C(N[C@H](C)c2ccccc2)=C(C(=O)c2ccccc2)C1c1ccc(Br)cc1. The Kier molecular flexibility index (Phi) is 9.48. The maximum Gasteiger partial charge on any atom is 0.416 e. The maximum atomic E-state index is 14.5. The smallest absolute Gasteiger partial charge is 0.416 e. The van der Waals surface area contributed by atoms with Crippen LogP contribution in [0.15, 0.2) is 119 Å². The van der Waals surface area contributed by atoms with E-state index in [1.807, 2.05) is 61.5 Å². The van der Waals surface area contributed by atoms with Crippen molar-refractivity contribution in [2.45, 2.75) is 51.7 Å². The molecule has 2 atom stereocenters. The van der Waals surface area contributed by atoms with Gasteiger partial charge in [-0.25, -0.2) is 0 Å². The highest BCUT2D eigenvalue weighted by molar-refractivity contribution is 9.10. The molecule has 1 N–H and O–H groups in total. The number of benzene rings is 4. The summed E-state index contributed by atoms with van der Waals surface area (Å²) in [5.41, 5.74) is 1.94. The number of Topliss-reactive ketones (excluding diaryl/α,β-unsaturated/α-hetero) is 1. The minimum Gasteiger partial charge on any atom is -0.491 e. The van der Waals surface area contributed by atoms with Crippen molar-refractivity contribution in [2.75, 3.05) is 0 Å². The fourth-order valence-electron chi connectivity index (χ4n) is 5.40. The molecule has 1 aliphatic rings. The zero-order valence-electron chi connectivity index (χ0n) is 24.9. The lowest BCUT2D eigenvalue weighted by atomic mass is 9.92. The van der Waals surface area contributed by atoms with Gasteiger partial charge in [0, 0.05) is 21.6 Å². The molecule has 1 heterocycles. The number of carbonyl (C=O) groups is 2. The molecule has 5 rings (SSSR count). The Morgan fingerprint density at radius 1 is 0.911 bits per heavy atom. The molecule has 0 saturated carbocycles. The van der Waals surface area contributed by atoms with E-state index >= 15 is 0 Å². The molecule has 0 bridgehead atoms. The molecule has 4 aromatic rings. The molecule has 1 aliphatic heterocycles. The van der Waals surface area contributed by atoms with Crippen molar-refractivity contribution < 1.29 is 27.5 Å². The molecule has 232 valence electrons. The number of ketones is 1. The van der Waals surface area contributed by atoms with Crippen LogP contribution in [0.3, 0.4) is 0 Å². The summed E-state index contributed by atoms with van der Waals surface area (Å²) in [6.07, 6.45) is -4.99. The van der Waals surface area contributed by atoms with E-state index in [0.717, 1.165) is 22.2 Å². The van der Waals surface area contributed by atoms with Gasteiger partial charge in [0.1, 0.15) is 11.4 Å².